The molecule has 1 heterocycles. The molecule has 1 aromatic rings. The van der Waals surface area contributed by atoms with Gasteiger partial charge in [0.25, 0.3) is 5.91 Å². The molecule has 0 radical (unpaired) electrons. The molecule has 0 unspecified atom stereocenters. The number of halogens is 1. The molecule has 2 N–H and O–H groups in total. The Labute approximate surface area is 158 Å². The summed E-state index contributed by atoms with van der Waals surface area (Å²) in [4.78, 5) is 26.3. The van der Waals surface area contributed by atoms with E-state index in [9.17, 15) is 18.0 Å². The van der Waals surface area contributed by atoms with Crippen LogP contribution in [-0.2, 0) is 19.4 Å². The largest absolute Gasteiger partial charge is 0.452 e. The van der Waals surface area contributed by atoms with Crippen LogP contribution in [0.5, 0.6) is 0 Å². The van der Waals surface area contributed by atoms with Gasteiger partial charge in [-0.3, -0.25) is 4.79 Å². The van der Waals surface area contributed by atoms with E-state index < -0.39 is 28.3 Å². The van der Waals surface area contributed by atoms with Crippen LogP contribution in [0.2, 0.25) is 5.02 Å². The first-order valence-corrected chi connectivity index (χ1v) is 10.6. The van der Waals surface area contributed by atoms with Gasteiger partial charge in [-0.1, -0.05) is 18.5 Å². The van der Waals surface area contributed by atoms with Gasteiger partial charge in [-0.25, -0.2) is 13.2 Å². The molecule has 0 bridgehead atoms. The van der Waals surface area contributed by atoms with Gasteiger partial charge in [0.15, 0.2) is 16.4 Å². The fourth-order valence-corrected chi connectivity index (χ4v) is 4.89. The van der Waals surface area contributed by atoms with Crippen molar-refractivity contribution in [2.75, 3.05) is 23.8 Å². The molecular weight excluding hydrogens is 380 g/mol. The van der Waals surface area contributed by atoms with Crippen molar-refractivity contribution < 1.29 is 22.7 Å². The molecule has 2 rings (SSSR count). The van der Waals surface area contributed by atoms with Crippen LogP contribution < -0.4 is 5.73 Å². The molecule has 144 valence electrons. The number of carbonyl (C=O) groups excluding carboxylic acids is 2. The minimum absolute atomic E-state index is 0.0544. The van der Waals surface area contributed by atoms with Gasteiger partial charge in [-0.2, -0.15) is 0 Å². The number of nitrogens with zero attached hydrogens (tertiary/aromatic N) is 1. The topological polar surface area (TPSA) is 107 Å². The molecule has 7 nitrogen and oxygen atoms in total. The third kappa shape index (κ3) is 4.88. The number of rotatable bonds is 6. The van der Waals surface area contributed by atoms with E-state index in [0.29, 0.717) is 17.9 Å². The van der Waals surface area contributed by atoms with E-state index in [1.54, 1.807) is 0 Å². The molecule has 0 aliphatic carbocycles. The molecule has 0 spiro atoms. The third-order valence-corrected chi connectivity index (χ3v) is 6.50. The smallest absolute Gasteiger partial charge is 0.340 e. The van der Waals surface area contributed by atoms with Crippen molar-refractivity contribution >= 4 is 39.0 Å². The van der Waals surface area contributed by atoms with Crippen molar-refractivity contribution in [2.24, 2.45) is 0 Å². The third-order valence-electron chi connectivity index (χ3n) is 4.52. The molecule has 0 aromatic heterocycles. The van der Waals surface area contributed by atoms with E-state index in [0.717, 1.165) is 0 Å². The molecule has 1 aliphatic rings. The van der Waals surface area contributed by atoms with Gasteiger partial charge < -0.3 is 15.4 Å². The predicted molar refractivity (Wildman–Crippen MR) is 99.8 cm³/mol. The van der Waals surface area contributed by atoms with Crippen LogP contribution in [0.1, 0.15) is 37.0 Å². The number of hydrogen-bond donors (Lipinski definition) is 1. The first kappa shape index (κ1) is 20.5. The van der Waals surface area contributed by atoms with E-state index in [1.807, 2.05) is 13.8 Å². The molecule has 1 aliphatic heterocycles. The Bertz CT molecular complexity index is 796. The first-order valence-electron chi connectivity index (χ1n) is 8.38. The lowest BCUT2D eigenvalue weighted by atomic mass is 10.1. The molecule has 1 fully saturated rings. The van der Waals surface area contributed by atoms with E-state index >= 15 is 0 Å². The lowest BCUT2D eigenvalue weighted by molar-refractivity contribution is -0.138. The monoisotopic (exact) mass is 402 g/mol. The molecule has 1 aromatic carbocycles. The molecule has 9 heteroatoms. The second-order valence-corrected chi connectivity index (χ2v) is 9.09. The quantitative estimate of drug-likeness (QED) is 0.575. The molecular formula is C17H23ClN2O5S. The minimum atomic E-state index is -3.13. The highest BCUT2D eigenvalue weighted by molar-refractivity contribution is 7.91. The van der Waals surface area contributed by atoms with Gasteiger partial charge in [0.05, 0.1) is 17.1 Å². The number of amides is 1. The summed E-state index contributed by atoms with van der Waals surface area (Å²) < 4.78 is 28.6. The van der Waals surface area contributed by atoms with Crippen molar-refractivity contribution in [3.05, 3.63) is 28.8 Å². The number of hydrogen-bond acceptors (Lipinski definition) is 6. The zero-order chi connectivity index (χ0) is 19.5. The number of esters is 1. The van der Waals surface area contributed by atoms with Gasteiger partial charge in [-0.05, 0) is 38.0 Å². The molecule has 1 amide bonds. The van der Waals surface area contributed by atoms with Crippen LogP contribution in [0.15, 0.2) is 18.2 Å². The van der Waals surface area contributed by atoms with Gasteiger partial charge in [0, 0.05) is 22.8 Å². The molecule has 26 heavy (non-hydrogen) atoms. The zero-order valence-corrected chi connectivity index (χ0v) is 16.3. The standard InChI is InChI=1S/C17H23ClN2O5S/c1-3-11(2)20(13-6-7-26(23,24)10-13)16(21)9-25-17(22)14-5-4-12(18)8-15(14)19/h4-5,8,11,13H,3,6-7,9-10,19H2,1-2H3/t11-,13+/m0/s1. The normalized spacial score (nSPS) is 19.7. The fraction of sp³-hybridized carbons (Fsp3) is 0.529. The highest BCUT2D eigenvalue weighted by Crippen LogP contribution is 2.22. The lowest BCUT2D eigenvalue weighted by Crippen LogP contribution is -2.48. The Balaban J connectivity index is 2.06. The predicted octanol–water partition coefficient (Wildman–Crippen LogP) is 1.89. The Morgan fingerprint density at radius 2 is 2.12 bits per heavy atom. The van der Waals surface area contributed by atoms with Crippen LogP contribution >= 0.6 is 11.6 Å². The molecule has 0 saturated carbocycles. The fourth-order valence-electron chi connectivity index (χ4n) is 3.00. The summed E-state index contributed by atoms with van der Waals surface area (Å²) in [6, 6.07) is 3.82. The van der Waals surface area contributed by atoms with Gasteiger partial charge >= 0.3 is 5.97 Å². The number of nitrogen functional groups attached to an aromatic ring is 1. The van der Waals surface area contributed by atoms with Crippen LogP contribution in [-0.4, -0.2) is 55.4 Å². The first-order chi connectivity index (χ1) is 12.1. The minimum Gasteiger partial charge on any atom is -0.452 e. The van der Waals surface area contributed by atoms with Crippen LogP contribution in [0, 0.1) is 0 Å². The number of sulfone groups is 1. The maximum Gasteiger partial charge on any atom is 0.340 e. The number of anilines is 1. The molecule has 1 saturated heterocycles. The summed E-state index contributed by atoms with van der Waals surface area (Å²) >= 11 is 5.80. The van der Waals surface area contributed by atoms with E-state index in [4.69, 9.17) is 22.1 Å². The second kappa shape index (κ2) is 8.26. The van der Waals surface area contributed by atoms with Crippen molar-refractivity contribution in [1.29, 1.82) is 0 Å². The number of ether oxygens (including phenoxy) is 1. The van der Waals surface area contributed by atoms with E-state index in [-0.39, 0.29) is 34.8 Å². The summed E-state index contributed by atoms with van der Waals surface area (Å²) in [6.45, 7) is 3.29. The van der Waals surface area contributed by atoms with Gasteiger partial charge in [-0.15, -0.1) is 0 Å². The van der Waals surface area contributed by atoms with Crippen molar-refractivity contribution in [3.8, 4) is 0 Å². The van der Waals surface area contributed by atoms with E-state index in [2.05, 4.69) is 0 Å². The highest BCUT2D eigenvalue weighted by Gasteiger charge is 2.36. The van der Waals surface area contributed by atoms with Crippen LogP contribution in [0.25, 0.3) is 0 Å². The van der Waals surface area contributed by atoms with Gasteiger partial charge in [0.2, 0.25) is 0 Å². The van der Waals surface area contributed by atoms with Crippen molar-refractivity contribution in [2.45, 2.75) is 38.8 Å². The highest BCUT2D eigenvalue weighted by atomic mass is 35.5. The Hall–Kier alpha value is -1.80. The summed E-state index contributed by atoms with van der Waals surface area (Å²) in [7, 11) is -3.13. The van der Waals surface area contributed by atoms with Crippen molar-refractivity contribution in [3.63, 3.8) is 0 Å². The Kier molecular flexibility index (Phi) is 6.52. The number of benzene rings is 1. The Morgan fingerprint density at radius 1 is 1.42 bits per heavy atom. The summed E-state index contributed by atoms with van der Waals surface area (Å²) in [6.07, 6.45) is 1.07. The summed E-state index contributed by atoms with van der Waals surface area (Å²) in [5.74, 6) is -1.13. The maximum atomic E-state index is 12.6. The number of carbonyl (C=O) groups is 2. The zero-order valence-electron chi connectivity index (χ0n) is 14.8. The maximum absolute atomic E-state index is 12.6. The Morgan fingerprint density at radius 3 is 2.65 bits per heavy atom. The number of nitrogens with two attached hydrogens (primary N) is 1. The average molecular weight is 403 g/mol. The summed E-state index contributed by atoms with van der Waals surface area (Å²) in [5.41, 5.74) is 6.03. The van der Waals surface area contributed by atoms with Crippen LogP contribution in [0.4, 0.5) is 5.69 Å². The average Bonchev–Trinajstić information content (AvgIpc) is 2.92. The van der Waals surface area contributed by atoms with Crippen molar-refractivity contribution in [1.82, 2.24) is 4.90 Å². The van der Waals surface area contributed by atoms with E-state index in [1.165, 1.54) is 23.1 Å². The lowest BCUT2D eigenvalue weighted by Gasteiger charge is -2.33. The SMILES string of the molecule is CC[C@H](C)N(C(=O)COC(=O)c1ccc(Cl)cc1N)[C@@H]1CCS(=O)(=O)C1. The second-order valence-electron chi connectivity index (χ2n) is 6.42. The van der Waals surface area contributed by atoms with Gasteiger partial charge in [0.1, 0.15) is 0 Å². The molecule has 2 atom stereocenters. The van der Waals surface area contributed by atoms with Crippen LogP contribution in [0.3, 0.4) is 0 Å². The summed E-state index contributed by atoms with van der Waals surface area (Å²) in [5, 5.41) is 0.389.